The molecule has 0 spiro atoms. The van der Waals surface area contributed by atoms with E-state index >= 15 is 0 Å². The predicted octanol–water partition coefficient (Wildman–Crippen LogP) is -0.976. The zero-order valence-corrected chi connectivity index (χ0v) is 7.96. The molecule has 0 saturated carbocycles. The second-order valence-corrected chi connectivity index (χ2v) is 3.26. The van der Waals surface area contributed by atoms with Gasteiger partial charge in [0.1, 0.15) is 0 Å². The summed E-state index contributed by atoms with van der Waals surface area (Å²) in [5.74, 6) is -1.89. The maximum atomic E-state index is 12.8. The highest BCUT2D eigenvalue weighted by Gasteiger charge is 2.16. The fourth-order valence-corrected chi connectivity index (χ4v) is 1.46. The van der Waals surface area contributed by atoms with Gasteiger partial charge in [-0.25, -0.2) is 0 Å². The molecule has 0 bridgehead atoms. The van der Waals surface area contributed by atoms with Crippen LogP contribution in [0, 0.1) is 5.82 Å². The maximum absolute atomic E-state index is 12.8. The first kappa shape index (κ1) is 9.91. The third-order valence-electron chi connectivity index (χ3n) is 2.25. The molecular weight excluding hydrogens is 203 g/mol. The Bertz CT molecular complexity index is 414. The van der Waals surface area contributed by atoms with Crippen LogP contribution in [0.1, 0.15) is 0 Å². The lowest BCUT2D eigenvalue weighted by molar-refractivity contribution is 0.403. The van der Waals surface area contributed by atoms with Gasteiger partial charge >= 0.3 is 0 Å². The molecule has 7 heteroatoms. The van der Waals surface area contributed by atoms with Gasteiger partial charge in [-0.3, -0.25) is 9.78 Å². The number of aromatic amines is 1. The highest BCUT2D eigenvalue weighted by atomic mass is 19.1. The molecule has 0 aromatic carbocycles. The van der Waals surface area contributed by atoms with Crippen molar-refractivity contribution in [3.63, 3.8) is 0 Å². The Balaban J connectivity index is 2.32. The quantitative estimate of drug-likeness (QED) is 0.560. The molecule has 0 amide bonds. The molecule has 0 aliphatic carbocycles. The highest BCUT2D eigenvalue weighted by molar-refractivity contribution is 5.32. The van der Waals surface area contributed by atoms with Gasteiger partial charge in [0.2, 0.25) is 11.8 Å². The van der Waals surface area contributed by atoms with E-state index in [-0.39, 0.29) is 5.95 Å². The molecule has 1 aliphatic rings. The van der Waals surface area contributed by atoms with Crippen LogP contribution in [-0.4, -0.2) is 41.3 Å². The summed E-state index contributed by atoms with van der Waals surface area (Å²) in [6.07, 6.45) is 0. The highest BCUT2D eigenvalue weighted by Crippen LogP contribution is 2.12. The number of anilines is 1. The standard InChI is InChI=1S/C8H11FN4O2/c9-5-6(14)11-8(12-7(5)15)13-3-1-10-2-4-13/h10H,1-4H2,(H2,11,12,14,15). The molecule has 1 saturated heterocycles. The topological polar surface area (TPSA) is 81.2 Å². The summed E-state index contributed by atoms with van der Waals surface area (Å²) in [6.45, 7) is 2.85. The molecule has 6 nitrogen and oxygen atoms in total. The van der Waals surface area contributed by atoms with Crippen LogP contribution in [0.3, 0.4) is 0 Å². The SMILES string of the molecule is O=c1[nH]c(N2CCNCC2)nc(O)c1F. The lowest BCUT2D eigenvalue weighted by Gasteiger charge is -2.27. The summed E-state index contributed by atoms with van der Waals surface area (Å²) >= 11 is 0. The van der Waals surface area contributed by atoms with E-state index in [4.69, 9.17) is 5.11 Å². The molecule has 1 aliphatic heterocycles. The Morgan fingerprint density at radius 2 is 2.07 bits per heavy atom. The monoisotopic (exact) mass is 214 g/mol. The largest absolute Gasteiger partial charge is 0.491 e. The minimum Gasteiger partial charge on any atom is -0.491 e. The second-order valence-electron chi connectivity index (χ2n) is 3.26. The molecule has 1 aromatic rings. The van der Waals surface area contributed by atoms with Crippen molar-refractivity contribution < 1.29 is 9.50 Å². The first-order chi connectivity index (χ1) is 7.18. The Labute approximate surface area is 84.8 Å². The molecule has 1 fully saturated rings. The molecule has 15 heavy (non-hydrogen) atoms. The number of hydrogen-bond acceptors (Lipinski definition) is 5. The smallest absolute Gasteiger partial charge is 0.292 e. The van der Waals surface area contributed by atoms with E-state index in [1.54, 1.807) is 4.90 Å². The summed E-state index contributed by atoms with van der Waals surface area (Å²) in [5, 5.41) is 12.2. The summed E-state index contributed by atoms with van der Waals surface area (Å²) in [5.41, 5.74) is -0.948. The van der Waals surface area contributed by atoms with Crippen molar-refractivity contribution in [3.05, 3.63) is 16.2 Å². The van der Waals surface area contributed by atoms with E-state index < -0.39 is 17.3 Å². The molecule has 0 atom stereocenters. The average Bonchev–Trinajstić information content (AvgIpc) is 2.26. The molecule has 82 valence electrons. The zero-order valence-electron chi connectivity index (χ0n) is 7.96. The van der Waals surface area contributed by atoms with E-state index in [1.807, 2.05) is 0 Å². The fourth-order valence-electron chi connectivity index (χ4n) is 1.46. The number of halogens is 1. The van der Waals surface area contributed by atoms with Gasteiger partial charge in [-0.1, -0.05) is 0 Å². The lowest BCUT2D eigenvalue weighted by atomic mass is 10.4. The molecular formula is C8H11FN4O2. The number of nitrogens with one attached hydrogen (secondary N) is 2. The third-order valence-corrected chi connectivity index (χ3v) is 2.25. The molecule has 2 heterocycles. The zero-order chi connectivity index (χ0) is 10.8. The summed E-state index contributed by atoms with van der Waals surface area (Å²) in [4.78, 5) is 18.7. The van der Waals surface area contributed by atoms with E-state index in [0.29, 0.717) is 13.1 Å². The number of aromatic nitrogens is 2. The number of hydrogen-bond donors (Lipinski definition) is 3. The Morgan fingerprint density at radius 3 is 2.67 bits per heavy atom. The van der Waals surface area contributed by atoms with Crippen molar-refractivity contribution in [1.82, 2.24) is 15.3 Å². The van der Waals surface area contributed by atoms with Gasteiger partial charge in [0.25, 0.3) is 11.4 Å². The van der Waals surface area contributed by atoms with Gasteiger partial charge in [0, 0.05) is 26.2 Å². The Morgan fingerprint density at radius 1 is 1.40 bits per heavy atom. The first-order valence-electron chi connectivity index (χ1n) is 4.63. The van der Waals surface area contributed by atoms with Crippen LogP contribution < -0.4 is 15.8 Å². The van der Waals surface area contributed by atoms with Crippen LogP contribution in [0.5, 0.6) is 5.88 Å². The van der Waals surface area contributed by atoms with Gasteiger partial charge in [0.15, 0.2) is 0 Å². The number of nitrogens with zero attached hydrogens (tertiary/aromatic N) is 2. The molecule has 2 rings (SSSR count). The van der Waals surface area contributed by atoms with E-state index in [1.165, 1.54) is 0 Å². The second kappa shape index (κ2) is 3.85. The van der Waals surface area contributed by atoms with Crippen molar-refractivity contribution >= 4 is 5.95 Å². The van der Waals surface area contributed by atoms with Crippen molar-refractivity contribution in [2.75, 3.05) is 31.1 Å². The summed E-state index contributed by atoms with van der Waals surface area (Å²) in [7, 11) is 0. The minimum absolute atomic E-state index is 0.209. The Kier molecular flexibility index (Phi) is 2.55. The predicted molar refractivity (Wildman–Crippen MR) is 51.6 cm³/mol. The van der Waals surface area contributed by atoms with Gasteiger partial charge in [0.05, 0.1) is 0 Å². The summed E-state index contributed by atoms with van der Waals surface area (Å²) < 4.78 is 12.8. The van der Waals surface area contributed by atoms with Gasteiger partial charge in [-0.2, -0.15) is 9.37 Å². The van der Waals surface area contributed by atoms with Crippen LogP contribution in [0.4, 0.5) is 10.3 Å². The summed E-state index contributed by atoms with van der Waals surface area (Å²) in [6, 6.07) is 0. The third kappa shape index (κ3) is 1.91. The fraction of sp³-hybridized carbons (Fsp3) is 0.500. The van der Waals surface area contributed by atoms with Crippen molar-refractivity contribution in [1.29, 1.82) is 0 Å². The van der Waals surface area contributed by atoms with Crippen LogP contribution >= 0.6 is 0 Å². The molecule has 3 N–H and O–H groups in total. The van der Waals surface area contributed by atoms with E-state index in [0.717, 1.165) is 13.1 Å². The van der Waals surface area contributed by atoms with Crippen LogP contribution in [0.25, 0.3) is 0 Å². The van der Waals surface area contributed by atoms with E-state index in [9.17, 15) is 9.18 Å². The number of rotatable bonds is 1. The van der Waals surface area contributed by atoms with Gasteiger partial charge in [-0.05, 0) is 0 Å². The van der Waals surface area contributed by atoms with Crippen LogP contribution in [0.15, 0.2) is 4.79 Å². The van der Waals surface area contributed by atoms with E-state index in [2.05, 4.69) is 15.3 Å². The number of H-pyrrole nitrogens is 1. The normalized spacial score (nSPS) is 16.7. The molecule has 1 aromatic heterocycles. The van der Waals surface area contributed by atoms with Gasteiger partial charge in [-0.15, -0.1) is 0 Å². The number of piperazine rings is 1. The van der Waals surface area contributed by atoms with Gasteiger partial charge < -0.3 is 15.3 Å². The molecule has 0 radical (unpaired) electrons. The maximum Gasteiger partial charge on any atom is 0.292 e. The van der Waals surface area contributed by atoms with Crippen LogP contribution in [0.2, 0.25) is 0 Å². The minimum atomic E-state index is -1.24. The van der Waals surface area contributed by atoms with Crippen LogP contribution in [-0.2, 0) is 0 Å². The number of aromatic hydroxyl groups is 1. The molecule has 0 unspecified atom stereocenters. The van der Waals surface area contributed by atoms with Crippen molar-refractivity contribution in [2.24, 2.45) is 0 Å². The lowest BCUT2D eigenvalue weighted by Crippen LogP contribution is -2.44. The first-order valence-corrected chi connectivity index (χ1v) is 4.63. The van der Waals surface area contributed by atoms with Crippen molar-refractivity contribution in [3.8, 4) is 5.88 Å². The Hall–Kier alpha value is -1.63. The van der Waals surface area contributed by atoms with Crippen molar-refractivity contribution in [2.45, 2.75) is 0 Å². The average molecular weight is 214 g/mol.